The van der Waals surface area contributed by atoms with Gasteiger partial charge >= 0.3 is 7.25 Å². The lowest BCUT2D eigenvalue weighted by Gasteiger charge is -2.42. The first-order valence-corrected chi connectivity index (χ1v) is 13.8. The highest BCUT2D eigenvalue weighted by Gasteiger charge is 2.56. The van der Waals surface area contributed by atoms with Gasteiger partial charge in [-0.1, -0.05) is 85.0 Å². The van der Waals surface area contributed by atoms with Crippen LogP contribution in [-0.4, -0.2) is 37.0 Å². The van der Waals surface area contributed by atoms with Crippen molar-refractivity contribution in [1.29, 1.82) is 0 Å². The molecule has 0 N–H and O–H groups in total. The summed E-state index contributed by atoms with van der Waals surface area (Å²) in [6, 6.07) is 21.5. The normalized spacial score (nSPS) is 22.9. The van der Waals surface area contributed by atoms with E-state index < -0.39 is 15.3 Å². The van der Waals surface area contributed by atoms with Crippen molar-refractivity contribution < 1.29 is 9.31 Å². The molecule has 1 fully saturated rings. The summed E-state index contributed by atoms with van der Waals surface area (Å²) in [5.41, 5.74) is 1.97. The highest BCUT2D eigenvalue weighted by Crippen LogP contribution is 2.40. The van der Waals surface area contributed by atoms with Gasteiger partial charge in [0, 0.05) is 5.67 Å². The van der Waals surface area contributed by atoms with Crippen LogP contribution in [0.3, 0.4) is 0 Å². The maximum absolute atomic E-state index is 6.45. The number of rotatable bonds is 4. The molecule has 0 amide bonds. The molecule has 2 heterocycles. The van der Waals surface area contributed by atoms with Gasteiger partial charge in [-0.3, -0.25) is 0 Å². The zero-order valence-electron chi connectivity index (χ0n) is 18.9. The van der Waals surface area contributed by atoms with Gasteiger partial charge in [-0.2, -0.15) is 0 Å². The SMILES string of the molecule is CC1(C)OB(N2C=CC(c3ccccc3)=CC2[Si](C)(C)c2ccccc2)OC1(C)C. The summed E-state index contributed by atoms with van der Waals surface area (Å²) in [5.74, 6) is 0. The average Bonchev–Trinajstić information content (AvgIpc) is 2.96. The van der Waals surface area contributed by atoms with Crippen molar-refractivity contribution in [1.82, 2.24) is 4.81 Å². The van der Waals surface area contributed by atoms with Crippen LogP contribution in [0, 0.1) is 0 Å². The van der Waals surface area contributed by atoms with E-state index in [9.17, 15) is 0 Å². The van der Waals surface area contributed by atoms with Gasteiger partial charge in [0.2, 0.25) is 0 Å². The van der Waals surface area contributed by atoms with Crippen molar-refractivity contribution in [3.63, 3.8) is 0 Å². The smallest absolute Gasteiger partial charge is 0.384 e. The van der Waals surface area contributed by atoms with E-state index in [0.717, 1.165) is 0 Å². The number of allylic oxidation sites excluding steroid dienone is 2. The van der Waals surface area contributed by atoms with Crippen LogP contribution in [-0.2, 0) is 9.31 Å². The second kappa shape index (κ2) is 7.56. The minimum absolute atomic E-state index is 0.204. The predicted octanol–water partition coefficient (Wildman–Crippen LogP) is 5.01. The first-order chi connectivity index (χ1) is 14.1. The lowest BCUT2D eigenvalue weighted by atomic mass is 9.90. The maximum atomic E-state index is 6.45. The van der Waals surface area contributed by atoms with E-state index in [1.807, 2.05) is 0 Å². The van der Waals surface area contributed by atoms with E-state index in [1.165, 1.54) is 16.3 Å². The van der Waals surface area contributed by atoms with Crippen molar-refractivity contribution in [2.24, 2.45) is 0 Å². The maximum Gasteiger partial charge on any atom is 0.593 e. The molecular weight excluding hydrogens is 385 g/mol. The molecule has 2 aromatic carbocycles. The standard InChI is InChI=1S/C25H32BNO2Si/c1-24(2)25(3,4)29-26(28-24)27-18-17-21(20-13-9-7-10-14-20)19-23(27)30(5,6)22-15-11-8-12-16-22/h7-19,23H,1-6H3. The topological polar surface area (TPSA) is 21.7 Å². The number of hydrogen-bond acceptors (Lipinski definition) is 3. The lowest BCUT2D eigenvalue weighted by molar-refractivity contribution is 0.00578. The molecule has 2 aliphatic heterocycles. The van der Waals surface area contributed by atoms with Crippen molar-refractivity contribution in [2.75, 3.05) is 0 Å². The molecule has 1 unspecified atom stereocenters. The molecule has 3 nitrogen and oxygen atoms in total. The summed E-state index contributed by atoms with van der Waals surface area (Å²) < 4.78 is 12.9. The molecule has 0 aromatic heterocycles. The molecule has 2 aliphatic rings. The molecule has 4 rings (SSSR count). The third-order valence-electron chi connectivity index (χ3n) is 6.93. The first-order valence-electron chi connectivity index (χ1n) is 10.8. The Labute approximate surface area is 182 Å². The Balaban J connectivity index is 1.75. The van der Waals surface area contributed by atoms with E-state index in [-0.39, 0.29) is 16.9 Å². The van der Waals surface area contributed by atoms with E-state index >= 15 is 0 Å². The molecule has 1 atom stereocenters. The van der Waals surface area contributed by atoms with Gasteiger partial charge in [-0.15, -0.1) is 0 Å². The van der Waals surface area contributed by atoms with Gasteiger partial charge in [-0.25, -0.2) is 0 Å². The van der Waals surface area contributed by atoms with Crippen molar-refractivity contribution in [3.05, 3.63) is 84.6 Å². The summed E-state index contributed by atoms with van der Waals surface area (Å²) in [6.07, 6.45) is 6.78. The fourth-order valence-electron chi connectivity index (χ4n) is 4.15. The van der Waals surface area contributed by atoms with E-state index in [2.05, 4.69) is 125 Å². The zero-order valence-corrected chi connectivity index (χ0v) is 19.9. The highest BCUT2D eigenvalue weighted by atomic mass is 28.3. The highest BCUT2D eigenvalue weighted by molar-refractivity contribution is 6.92. The molecule has 0 aliphatic carbocycles. The Bertz CT molecular complexity index is 938. The summed E-state index contributed by atoms with van der Waals surface area (Å²) in [7, 11) is -2.34. The Morgan fingerprint density at radius 1 is 0.833 bits per heavy atom. The van der Waals surface area contributed by atoms with Crippen molar-refractivity contribution >= 4 is 26.1 Å². The van der Waals surface area contributed by atoms with E-state index in [4.69, 9.17) is 9.31 Å². The number of hydrogen-bond donors (Lipinski definition) is 0. The van der Waals surface area contributed by atoms with Gasteiger partial charge in [0.1, 0.15) is 8.07 Å². The molecule has 0 radical (unpaired) electrons. The molecule has 156 valence electrons. The summed E-state index contributed by atoms with van der Waals surface area (Å²) >= 11 is 0. The molecule has 0 saturated carbocycles. The molecule has 1 saturated heterocycles. The van der Waals surface area contributed by atoms with Gasteiger partial charge in [0.25, 0.3) is 0 Å². The average molecular weight is 417 g/mol. The monoisotopic (exact) mass is 417 g/mol. The molecule has 5 heteroatoms. The molecule has 0 bridgehead atoms. The van der Waals surface area contributed by atoms with Crippen LogP contribution in [0.25, 0.3) is 5.57 Å². The Morgan fingerprint density at radius 2 is 1.37 bits per heavy atom. The fraction of sp³-hybridized carbons (Fsp3) is 0.360. The second-order valence-corrected chi connectivity index (χ2v) is 14.5. The van der Waals surface area contributed by atoms with Crippen LogP contribution >= 0.6 is 0 Å². The lowest BCUT2D eigenvalue weighted by Crippen LogP contribution is -2.62. The summed E-state index contributed by atoms with van der Waals surface area (Å²) in [6.45, 7) is 13.3. The summed E-state index contributed by atoms with van der Waals surface area (Å²) in [4.78, 5) is 2.29. The summed E-state index contributed by atoms with van der Waals surface area (Å²) in [5, 5.41) is 1.43. The van der Waals surface area contributed by atoms with Gasteiger partial charge in [0.15, 0.2) is 0 Å². The quantitative estimate of drug-likeness (QED) is 0.653. The van der Waals surface area contributed by atoms with Crippen molar-refractivity contribution in [3.8, 4) is 0 Å². The number of nitrogens with zero attached hydrogens (tertiary/aromatic N) is 1. The minimum Gasteiger partial charge on any atom is -0.384 e. The van der Waals surface area contributed by atoms with Gasteiger partial charge in [0.05, 0.1) is 11.2 Å². The molecular formula is C25H32BNO2Si. The molecule has 0 spiro atoms. The largest absolute Gasteiger partial charge is 0.593 e. The predicted molar refractivity (Wildman–Crippen MR) is 129 cm³/mol. The van der Waals surface area contributed by atoms with Crippen molar-refractivity contribution in [2.45, 2.75) is 57.7 Å². The van der Waals surface area contributed by atoms with E-state index in [1.54, 1.807) is 0 Å². The third-order valence-corrected chi connectivity index (χ3v) is 10.7. The Morgan fingerprint density at radius 3 is 1.93 bits per heavy atom. The van der Waals surface area contributed by atoms with Gasteiger partial charge in [-0.05, 0) is 51.1 Å². The fourth-order valence-corrected chi connectivity index (χ4v) is 7.09. The van der Waals surface area contributed by atoms with Crippen LogP contribution in [0.5, 0.6) is 0 Å². The molecule has 30 heavy (non-hydrogen) atoms. The van der Waals surface area contributed by atoms with Crippen LogP contribution in [0.4, 0.5) is 0 Å². The van der Waals surface area contributed by atoms with Gasteiger partial charge < -0.3 is 14.1 Å². The van der Waals surface area contributed by atoms with Crippen LogP contribution in [0.2, 0.25) is 13.1 Å². The van der Waals surface area contributed by atoms with Crippen LogP contribution in [0.15, 0.2) is 79.0 Å². The zero-order chi connectivity index (χ0) is 21.6. The number of benzene rings is 2. The molecule has 2 aromatic rings. The third kappa shape index (κ3) is 3.70. The second-order valence-electron chi connectivity index (χ2n) is 9.85. The van der Waals surface area contributed by atoms with Crippen LogP contribution in [0.1, 0.15) is 33.3 Å². The first kappa shape index (κ1) is 21.2. The van der Waals surface area contributed by atoms with Crippen LogP contribution < -0.4 is 5.19 Å². The Hall–Kier alpha value is -2.08. The minimum atomic E-state index is -1.94. The van der Waals surface area contributed by atoms with E-state index in [0.29, 0.717) is 0 Å². The Kier molecular flexibility index (Phi) is 5.33.